The number of rotatable bonds is 6. The summed E-state index contributed by atoms with van der Waals surface area (Å²) in [6.07, 6.45) is 6.76. The minimum atomic E-state index is 0.410. The third-order valence-electron chi connectivity index (χ3n) is 4.70. The van der Waals surface area contributed by atoms with Crippen LogP contribution in [0.3, 0.4) is 0 Å². The first kappa shape index (κ1) is 17.5. The lowest BCUT2D eigenvalue weighted by atomic mass is 9.70. The summed E-state index contributed by atoms with van der Waals surface area (Å²) in [6, 6.07) is 7.01. The number of halogens is 2. The minimum Gasteiger partial charge on any atom is -0.310 e. The zero-order chi connectivity index (χ0) is 15.5. The number of benzene rings is 1. The van der Waals surface area contributed by atoms with E-state index in [1.807, 2.05) is 0 Å². The molecule has 1 aliphatic carbocycles. The monoisotopic (exact) mass is 415 g/mol. The summed E-state index contributed by atoms with van der Waals surface area (Å²) in [5.41, 5.74) is 1.82. The summed E-state index contributed by atoms with van der Waals surface area (Å²) in [7, 11) is 0. The Bertz CT molecular complexity index is 464. The predicted molar refractivity (Wildman–Crippen MR) is 98.6 cm³/mol. The fourth-order valence-corrected chi connectivity index (χ4v) is 4.95. The van der Waals surface area contributed by atoms with Gasteiger partial charge in [-0.3, -0.25) is 0 Å². The largest absolute Gasteiger partial charge is 0.310 e. The first-order chi connectivity index (χ1) is 9.98. The molecule has 21 heavy (non-hydrogen) atoms. The second-order valence-electron chi connectivity index (χ2n) is 6.82. The van der Waals surface area contributed by atoms with E-state index in [9.17, 15) is 0 Å². The normalized spacial score (nSPS) is 19.1. The number of hydrogen-bond donors (Lipinski definition) is 1. The average molecular weight is 417 g/mol. The van der Waals surface area contributed by atoms with Crippen LogP contribution in [0.4, 0.5) is 0 Å². The third kappa shape index (κ3) is 4.11. The standard InChI is InChI=1S/C18H27Br2N/c1-4-21-17(15-11-14(19)7-8-16(15)20)18(12-13(2)3)9-5-6-10-18/h7-8,11,13,17,21H,4-6,9-10,12H2,1-3H3. The van der Waals surface area contributed by atoms with Crippen molar-refractivity contribution in [2.24, 2.45) is 11.3 Å². The Balaban J connectivity index is 2.42. The van der Waals surface area contributed by atoms with Gasteiger partial charge >= 0.3 is 0 Å². The Morgan fingerprint density at radius 2 is 1.86 bits per heavy atom. The van der Waals surface area contributed by atoms with E-state index in [0.29, 0.717) is 11.5 Å². The molecule has 0 aliphatic heterocycles. The van der Waals surface area contributed by atoms with Gasteiger partial charge in [-0.25, -0.2) is 0 Å². The van der Waals surface area contributed by atoms with Crippen LogP contribution in [0.2, 0.25) is 0 Å². The highest BCUT2D eigenvalue weighted by Crippen LogP contribution is 2.52. The summed E-state index contributed by atoms with van der Waals surface area (Å²) in [4.78, 5) is 0. The van der Waals surface area contributed by atoms with E-state index in [4.69, 9.17) is 0 Å². The quantitative estimate of drug-likeness (QED) is 0.560. The van der Waals surface area contributed by atoms with Crippen LogP contribution in [0, 0.1) is 11.3 Å². The Morgan fingerprint density at radius 1 is 1.19 bits per heavy atom. The zero-order valence-electron chi connectivity index (χ0n) is 13.4. The van der Waals surface area contributed by atoms with Gasteiger partial charge < -0.3 is 5.32 Å². The summed E-state index contributed by atoms with van der Waals surface area (Å²) < 4.78 is 2.40. The van der Waals surface area contributed by atoms with Crippen molar-refractivity contribution in [1.29, 1.82) is 0 Å². The van der Waals surface area contributed by atoms with Crippen LogP contribution < -0.4 is 5.32 Å². The van der Waals surface area contributed by atoms with Gasteiger partial charge in [0.1, 0.15) is 0 Å². The second-order valence-corrected chi connectivity index (χ2v) is 8.59. The van der Waals surface area contributed by atoms with Crippen molar-refractivity contribution in [2.75, 3.05) is 6.54 Å². The van der Waals surface area contributed by atoms with Crippen LogP contribution in [0.1, 0.15) is 64.5 Å². The first-order valence-electron chi connectivity index (χ1n) is 8.17. The molecule has 0 radical (unpaired) electrons. The molecule has 1 N–H and O–H groups in total. The Morgan fingerprint density at radius 3 is 2.43 bits per heavy atom. The van der Waals surface area contributed by atoms with Gasteiger partial charge in [0.2, 0.25) is 0 Å². The molecule has 0 aromatic heterocycles. The van der Waals surface area contributed by atoms with E-state index < -0.39 is 0 Å². The lowest BCUT2D eigenvalue weighted by Gasteiger charge is -2.40. The topological polar surface area (TPSA) is 12.0 Å². The SMILES string of the molecule is CCNC(c1cc(Br)ccc1Br)C1(CC(C)C)CCCC1. The molecular weight excluding hydrogens is 390 g/mol. The van der Waals surface area contributed by atoms with E-state index in [1.165, 1.54) is 46.6 Å². The van der Waals surface area contributed by atoms with Crippen molar-refractivity contribution < 1.29 is 0 Å². The van der Waals surface area contributed by atoms with E-state index >= 15 is 0 Å². The lowest BCUT2D eigenvalue weighted by Crippen LogP contribution is -2.37. The molecule has 2 rings (SSSR count). The molecule has 0 bridgehead atoms. The maximum absolute atomic E-state index is 3.80. The van der Waals surface area contributed by atoms with Gasteiger partial charge in [-0.05, 0) is 60.9 Å². The van der Waals surface area contributed by atoms with Crippen LogP contribution in [0.5, 0.6) is 0 Å². The Kier molecular flexibility index (Phi) is 6.34. The smallest absolute Gasteiger partial charge is 0.0388 e. The summed E-state index contributed by atoms with van der Waals surface area (Å²) in [5.74, 6) is 0.746. The molecule has 1 aliphatic rings. The van der Waals surface area contributed by atoms with Gasteiger partial charge in [-0.1, -0.05) is 65.5 Å². The highest BCUT2D eigenvalue weighted by Gasteiger charge is 2.42. The number of nitrogens with one attached hydrogen (secondary N) is 1. The molecule has 1 nitrogen and oxygen atoms in total. The van der Waals surface area contributed by atoms with Gasteiger partial charge in [0, 0.05) is 15.0 Å². The van der Waals surface area contributed by atoms with Crippen LogP contribution in [0.25, 0.3) is 0 Å². The Labute approximate surface area is 146 Å². The highest BCUT2D eigenvalue weighted by molar-refractivity contribution is 9.11. The van der Waals surface area contributed by atoms with E-state index in [1.54, 1.807) is 0 Å². The maximum Gasteiger partial charge on any atom is 0.0388 e. The molecule has 1 fully saturated rings. The Hall–Kier alpha value is 0.140. The zero-order valence-corrected chi connectivity index (χ0v) is 16.6. The van der Waals surface area contributed by atoms with Crippen molar-refractivity contribution in [3.8, 4) is 0 Å². The molecule has 3 heteroatoms. The van der Waals surface area contributed by atoms with Gasteiger partial charge in [0.25, 0.3) is 0 Å². The summed E-state index contributed by atoms with van der Waals surface area (Å²) in [5, 5.41) is 3.80. The van der Waals surface area contributed by atoms with Gasteiger partial charge in [-0.15, -0.1) is 0 Å². The van der Waals surface area contributed by atoms with Crippen molar-refractivity contribution in [2.45, 2.75) is 58.9 Å². The molecular formula is C18H27Br2N. The van der Waals surface area contributed by atoms with Gasteiger partial charge in [0.05, 0.1) is 0 Å². The van der Waals surface area contributed by atoms with E-state index in [-0.39, 0.29) is 0 Å². The van der Waals surface area contributed by atoms with E-state index in [0.717, 1.165) is 12.5 Å². The molecule has 0 saturated heterocycles. The van der Waals surface area contributed by atoms with Crippen LogP contribution in [-0.4, -0.2) is 6.54 Å². The van der Waals surface area contributed by atoms with Crippen LogP contribution in [0.15, 0.2) is 27.1 Å². The lowest BCUT2D eigenvalue weighted by molar-refractivity contribution is 0.156. The van der Waals surface area contributed by atoms with Crippen molar-refractivity contribution in [3.63, 3.8) is 0 Å². The van der Waals surface area contributed by atoms with Crippen LogP contribution in [-0.2, 0) is 0 Å². The minimum absolute atomic E-state index is 0.410. The molecule has 1 saturated carbocycles. The van der Waals surface area contributed by atoms with Gasteiger partial charge in [-0.2, -0.15) is 0 Å². The molecule has 1 atom stereocenters. The molecule has 0 heterocycles. The van der Waals surface area contributed by atoms with Crippen molar-refractivity contribution in [3.05, 3.63) is 32.7 Å². The summed E-state index contributed by atoms with van der Waals surface area (Å²) >= 11 is 7.42. The van der Waals surface area contributed by atoms with E-state index in [2.05, 4.69) is 76.1 Å². The molecule has 118 valence electrons. The molecule has 0 amide bonds. The fourth-order valence-electron chi connectivity index (χ4n) is 4.10. The maximum atomic E-state index is 3.80. The number of hydrogen-bond acceptors (Lipinski definition) is 1. The highest BCUT2D eigenvalue weighted by atomic mass is 79.9. The van der Waals surface area contributed by atoms with Crippen molar-refractivity contribution in [1.82, 2.24) is 5.32 Å². The van der Waals surface area contributed by atoms with Crippen LogP contribution >= 0.6 is 31.9 Å². The summed E-state index contributed by atoms with van der Waals surface area (Å²) in [6.45, 7) is 7.96. The molecule has 1 unspecified atom stereocenters. The predicted octanol–water partition coefficient (Wildman–Crippen LogP) is 6.47. The molecule has 1 aromatic rings. The van der Waals surface area contributed by atoms with Gasteiger partial charge in [0.15, 0.2) is 0 Å². The fraction of sp³-hybridized carbons (Fsp3) is 0.667. The van der Waals surface area contributed by atoms with Crippen molar-refractivity contribution >= 4 is 31.9 Å². The average Bonchev–Trinajstić information content (AvgIpc) is 2.87. The second kappa shape index (κ2) is 7.61. The third-order valence-corrected chi connectivity index (χ3v) is 5.92. The molecule has 1 aromatic carbocycles. The first-order valence-corrected chi connectivity index (χ1v) is 9.75. The molecule has 0 spiro atoms.